The minimum atomic E-state index is -2.17. The molecule has 0 saturated carbocycles. The molecule has 2 atom stereocenters. The molecule has 13 heavy (non-hydrogen) atoms. The molecule has 0 aliphatic rings. The lowest BCUT2D eigenvalue weighted by molar-refractivity contribution is 0.500. The quantitative estimate of drug-likeness (QED) is 0.706. The molecule has 0 spiro atoms. The molecule has 4 heteroatoms. The van der Waals surface area contributed by atoms with Gasteiger partial charge in [-0.3, -0.25) is 0 Å². The van der Waals surface area contributed by atoms with Crippen LogP contribution in [0.25, 0.3) is 0 Å². The van der Waals surface area contributed by atoms with Crippen LogP contribution in [0.1, 0.15) is 13.8 Å². The van der Waals surface area contributed by atoms with Crippen molar-refractivity contribution < 1.29 is 3.89 Å². The number of halogens is 1. The molecular formula is C9H15FN2S. The van der Waals surface area contributed by atoms with Gasteiger partial charge in [0, 0.05) is 5.25 Å². The Kier molecular flexibility index (Phi) is 4.23. The monoisotopic (exact) mass is 202 g/mol. The summed E-state index contributed by atoms with van der Waals surface area (Å²) in [7, 11) is -2.17. The number of nitrogens with zero attached hydrogens (tertiary/aromatic N) is 2. The van der Waals surface area contributed by atoms with Crippen molar-refractivity contribution in [3.63, 3.8) is 0 Å². The van der Waals surface area contributed by atoms with E-state index in [1.165, 1.54) is 0 Å². The van der Waals surface area contributed by atoms with Crippen LogP contribution in [-0.2, 0) is 0 Å². The highest BCUT2D eigenvalue weighted by Gasteiger charge is 2.30. The van der Waals surface area contributed by atoms with Gasteiger partial charge in [0.2, 0.25) is 0 Å². The van der Waals surface area contributed by atoms with Gasteiger partial charge >= 0.3 is 0 Å². The van der Waals surface area contributed by atoms with E-state index < -0.39 is 16.3 Å². The summed E-state index contributed by atoms with van der Waals surface area (Å²) in [4.78, 5) is 0. The SMILES string of the molecule is CC(C(C#N)C#N)C(C)S(C)(C)F. The van der Waals surface area contributed by atoms with Crippen molar-refractivity contribution in [2.75, 3.05) is 12.5 Å². The van der Waals surface area contributed by atoms with E-state index in [9.17, 15) is 3.89 Å². The van der Waals surface area contributed by atoms with Gasteiger partial charge in [-0.2, -0.15) is 14.4 Å². The van der Waals surface area contributed by atoms with Gasteiger partial charge in [0.15, 0.2) is 0 Å². The Labute approximate surface area is 81.0 Å². The van der Waals surface area contributed by atoms with Crippen molar-refractivity contribution >= 4 is 10.4 Å². The maximum atomic E-state index is 13.5. The number of hydrogen-bond donors (Lipinski definition) is 0. The number of rotatable bonds is 3. The average Bonchev–Trinajstić information content (AvgIpc) is 2.03. The summed E-state index contributed by atoms with van der Waals surface area (Å²) in [5.41, 5.74) is 0. The average molecular weight is 202 g/mol. The molecule has 74 valence electrons. The lowest BCUT2D eigenvalue weighted by Crippen LogP contribution is -2.24. The Morgan fingerprint density at radius 1 is 1.15 bits per heavy atom. The van der Waals surface area contributed by atoms with Gasteiger partial charge in [-0.15, -0.1) is 0 Å². The third-order valence-corrected chi connectivity index (χ3v) is 4.63. The van der Waals surface area contributed by atoms with Crippen molar-refractivity contribution in [2.45, 2.75) is 19.1 Å². The summed E-state index contributed by atoms with van der Waals surface area (Å²) in [6.45, 7) is 3.53. The van der Waals surface area contributed by atoms with Gasteiger partial charge in [-0.25, -0.2) is 0 Å². The third-order valence-electron chi connectivity index (χ3n) is 2.43. The molecule has 0 bridgehead atoms. The minimum absolute atomic E-state index is 0.204. The second-order valence-corrected chi connectivity index (χ2v) is 6.88. The Morgan fingerprint density at radius 2 is 1.54 bits per heavy atom. The molecule has 0 amide bonds. The Bertz CT molecular complexity index is 232. The van der Waals surface area contributed by atoms with Crippen molar-refractivity contribution in [3.8, 4) is 12.1 Å². The van der Waals surface area contributed by atoms with Gasteiger partial charge in [-0.05, 0) is 18.4 Å². The second kappa shape index (κ2) is 4.48. The highest BCUT2D eigenvalue weighted by Crippen LogP contribution is 2.50. The largest absolute Gasteiger partial charge is 0.197 e. The van der Waals surface area contributed by atoms with Crippen LogP contribution in [0.2, 0.25) is 0 Å². The number of nitriles is 2. The topological polar surface area (TPSA) is 47.6 Å². The molecule has 0 radical (unpaired) electrons. The Morgan fingerprint density at radius 3 is 1.77 bits per heavy atom. The van der Waals surface area contributed by atoms with Crippen molar-refractivity contribution in [2.24, 2.45) is 11.8 Å². The molecule has 0 aliphatic carbocycles. The molecule has 2 unspecified atom stereocenters. The van der Waals surface area contributed by atoms with E-state index in [0.29, 0.717) is 0 Å². The molecule has 2 nitrogen and oxygen atoms in total. The first kappa shape index (κ1) is 12.3. The van der Waals surface area contributed by atoms with Crippen LogP contribution < -0.4 is 0 Å². The molecule has 0 N–H and O–H groups in total. The standard InChI is InChI=1S/C9H15FN2S/c1-7(9(5-11)6-12)8(2)13(3,4)10/h7-9H,1-4H3. The predicted molar refractivity (Wildman–Crippen MR) is 53.9 cm³/mol. The minimum Gasteiger partial charge on any atom is -0.197 e. The summed E-state index contributed by atoms with van der Waals surface area (Å²) in [6, 6.07) is 3.78. The van der Waals surface area contributed by atoms with E-state index in [1.54, 1.807) is 26.4 Å². The second-order valence-electron chi connectivity index (χ2n) is 3.58. The van der Waals surface area contributed by atoms with Gasteiger partial charge in [0.05, 0.1) is 12.1 Å². The first-order valence-electron chi connectivity index (χ1n) is 4.05. The van der Waals surface area contributed by atoms with Gasteiger partial charge in [-0.1, -0.05) is 24.3 Å². The van der Waals surface area contributed by atoms with E-state index in [-0.39, 0.29) is 11.2 Å². The lowest BCUT2D eigenvalue weighted by atomic mass is 9.94. The zero-order chi connectivity index (χ0) is 10.6. The molecule has 0 fully saturated rings. The molecule has 0 aliphatic heterocycles. The molecular weight excluding hydrogens is 187 g/mol. The summed E-state index contributed by atoms with van der Waals surface area (Å²) in [6.07, 6.45) is 3.11. The van der Waals surface area contributed by atoms with E-state index in [0.717, 1.165) is 0 Å². The van der Waals surface area contributed by atoms with E-state index in [4.69, 9.17) is 10.5 Å². The molecule has 0 aromatic heterocycles. The van der Waals surface area contributed by atoms with Gasteiger partial charge < -0.3 is 0 Å². The van der Waals surface area contributed by atoms with Crippen LogP contribution in [0, 0.1) is 34.5 Å². The first-order valence-corrected chi connectivity index (χ1v) is 6.47. The Balaban J connectivity index is 4.54. The number of hydrogen-bond acceptors (Lipinski definition) is 2. The van der Waals surface area contributed by atoms with Gasteiger partial charge in [0.25, 0.3) is 0 Å². The highest BCUT2D eigenvalue weighted by molar-refractivity contribution is 8.28. The van der Waals surface area contributed by atoms with E-state index in [1.807, 2.05) is 12.1 Å². The molecule has 0 heterocycles. The normalized spacial score (nSPS) is 17.2. The summed E-state index contributed by atoms with van der Waals surface area (Å²) >= 11 is 0. The maximum Gasteiger partial charge on any atom is 0.136 e. The fourth-order valence-electron chi connectivity index (χ4n) is 1.05. The van der Waals surface area contributed by atoms with Crippen LogP contribution in [0.4, 0.5) is 3.89 Å². The lowest BCUT2D eigenvalue weighted by Gasteiger charge is -2.33. The molecule has 0 aromatic carbocycles. The fourth-order valence-corrected chi connectivity index (χ4v) is 2.22. The third kappa shape index (κ3) is 3.24. The maximum absolute atomic E-state index is 13.5. The smallest absolute Gasteiger partial charge is 0.136 e. The van der Waals surface area contributed by atoms with Crippen LogP contribution in [0.15, 0.2) is 0 Å². The van der Waals surface area contributed by atoms with Gasteiger partial charge in [0.1, 0.15) is 5.92 Å². The van der Waals surface area contributed by atoms with E-state index >= 15 is 0 Å². The zero-order valence-electron chi connectivity index (χ0n) is 8.41. The fraction of sp³-hybridized carbons (Fsp3) is 0.778. The van der Waals surface area contributed by atoms with Crippen molar-refractivity contribution in [1.82, 2.24) is 0 Å². The summed E-state index contributed by atoms with van der Waals surface area (Å²) in [5, 5.41) is 17.0. The molecule has 0 rings (SSSR count). The highest BCUT2D eigenvalue weighted by atomic mass is 32.3. The first-order chi connectivity index (χ1) is 5.84. The van der Waals surface area contributed by atoms with Crippen molar-refractivity contribution in [3.05, 3.63) is 0 Å². The summed E-state index contributed by atoms with van der Waals surface area (Å²) in [5.74, 6) is -0.900. The molecule has 0 saturated heterocycles. The zero-order valence-corrected chi connectivity index (χ0v) is 9.23. The molecule has 0 aromatic rings. The Hall–Kier alpha value is -0.740. The van der Waals surface area contributed by atoms with Crippen LogP contribution in [0.5, 0.6) is 0 Å². The van der Waals surface area contributed by atoms with Crippen LogP contribution >= 0.6 is 10.4 Å². The predicted octanol–water partition coefficient (Wildman–Crippen LogP) is 2.62. The van der Waals surface area contributed by atoms with Crippen molar-refractivity contribution in [1.29, 1.82) is 10.5 Å². The van der Waals surface area contributed by atoms with Crippen LogP contribution in [0.3, 0.4) is 0 Å². The van der Waals surface area contributed by atoms with E-state index in [2.05, 4.69) is 0 Å². The van der Waals surface area contributed by atoms with Crippen LogP contribution in [-0.4, -0.2) is 17.8 Å². The summed E-state index contributed by atoms with van der Waals surface area (Å²) < 4.78 is 13.5.